The predicted octanol–water partition coefficient (Wildman–Crippen LogP) is 3.11. The molecule has 1 aliphatic heterocycles. The summed E-state index contributed by atoms with van der Waals surface area (Å²) in [5.41, 5.74) is 1.58. The van der Waals surface area contributed by atoms with Crippen LogP contribution in [0.5, 0.6) is 5.75 Å². The summed E-state index contributed by atoms with van der Waals surface area (Å²) in [5.74, 6) is 0.304. The van der Waals surface area contributed by atoms with Gasteiger partial charge in [-0.2, -0.15) is 0 Å². The fourth-order valence-corrected chi connectivity index (χ4v) is 2.06. The lowest BCUT2D eigenvalue weighted by Crippen LogP contribution is -2.42. The number of hydrogen-bond donors (Lipinski definition) is 2. The van der Waals surface area contributed by atoms with E-state index in [1.165, 1.54) is 0 Å². The quantitative estimate of drug-likeness (QED) is 0.885. The molecule has 0 saturated carbocycles. The number of carbonyl (C=O) groups excluding carboxylic acids is 1. The summed E-state index contributed by atoms with van der Waals surface area (Å²) >= 11 is 5.88. The highest BCUT2D eigenvalue weighted by molar-refractivity contribution is 6.30. The molecule has 1 aliphatic rings. The van der Waals surface area contributed by atoms with Crippen LogP contribution in [0, 0.1) is 0 Å². The van der Waals surface area contributed by atoms with E-state index in [1.807, 2.05) is 24.3 Å². The van der Waals surface area contributed by atoms with E-state index in [0.717, 1.165) is 11.4 Å². The van der Waals surface area contributed by atoms with Gasteiger partial charge in [0.15, 0.2) is 0 Å². The fourth-order valence-electron chi connectivity index (χ4n) is 1.88. The third-order valence-corrected chi connectivity index (χ3v) is 2.99. The Hall–Kier alpha value is -2.20. The number of rotatable bonds is 2. The first-order valence-electron chi connectivity index (χ1n) is 5.81. The van der Waals surface area contributed by atoms with Gasteiger partial charge >= 0.3 is 0 Å². The molecule has 19 heavy (non-hydrogen) atoms. The first-order valence-corrected chi connectivity index (χ1v) is 6.19. The number of fused-ring (bicyclic) bond motifs is 1. The van der Waals surface area contributed by atoms with Gasteiger partial charge in [-0.25, -0.2) is 0 Å². The third-order valence-electron chi connectivity index (χ3n) is 2.76. The molecule has 0 bridgehead atoms. The van der Waals surface area contributed by atoms with Gasteiger partial charge in [-0.3, -0.25) is 4.79 Å². The van der Waals surface area contributed by atoms with Crippen molar-refractivity contribution in [3.05, 3.63) is 53.6 Å². The zero-order chi connectivity index (χ0) is 13.2. The van der Waals surface area contributed by atoms with E-state index in [4.69, 9.17) is 16.3 Å². The molecule has 2 aromatic rings. The highest BCUT2D eigenvalue weighted by Crippen LogP contribution is 2.27. The van der Waals surface area contributed by atoms with Crippen molar-refractivity contribution >= 4 is 28.9 Å². The molecule has 0 aliphatic carbocycles. The standard InChI is InChI=1S/C14H11ClN2O2/c15-9-4-3-5-10(8-9)19-14-13(18)16-11-6-1-2-7-12(11)17-14/h1-8,14,17H,(H,16,18). The maximum absolute atomic E-state index is 11.9. The highest BCUT2D eigenvalue weighted by Gasteiger charge is 2.26. The van der Waals surface area contributed by atoms with Crippen molar-refractivity contribution < 1.29 is 9.53 Å². The van der Waals surface area contributed by atoms with Gasteiger partial charge in [-0.1, -0.05) is 29.8 Å². The van der Waals surface area contributed by atoms with Gasteiger partial charge in [-0.15, -0.1) is 0 Å². The lowest BCUT2D eigenvalue weighted by Gasteiger charge is -2.27. The molecule has 0 aromatic heterocycles. The Morgan fingerprint density at radius 2 is 1.84 bits per heavy atom. The SMILES string of the molecule is O=C1Nc2ccccc2NC1Oc1cccc(Cl)c1. The van der Waals surface area contributed by atoms with E-state index in [9.17, 15) is 4.79 Å². The molecule has 3 rings (SSSR count). The van der Waals surface area contributed by atoms with Crippen molar-refractivity contribution in [2.75, 3.05) is 10.6 Å². The predicted molar refractivity (Wildman–Crippen MR) is 74.6 cm³/mol. The molecule has 0 fully saturated rings. The summed E-state index contributed by atoms with van der Waals surface area (Å²) in [4.78, 5) is 11.9. The second kappa shape index (κ2) is 4.82. The lowest BCUT2D eigenvalue weighted by atomic mass is 10.2. The molecular formula is C14H11ClN2O2. The maximum Gasteiger partial charge on any atom is 0.286 e. The van der Waals surface area contributed by atoms with Gasteiger partial charge in [0.05, 0.1) is 11.4 Å². The molecule has 2 N–H and O–H groups in total. The number of ether oxygens (including phenoxy) is 1. The zero-order valence-electron chi connectivity index (χ0n) is 9.89. The van der Waals surface area contributed by atoms with E-state index in [-0.39, 0.29) is 5.91 Å². The largest absolute Gasteiger partial charge is 0.461 e. The Bertz CT molecular complexity index is 630. The van der Waals surface area contributed by atoms with Crippen LogP contribution >= 0.6 is 11.6 Å². The second-order valence-electron chi connectivity index (χ2n) is 4.13. The average Bonchev–Trinajstić information content (AvgIpc) is 2.40. The topological polar surface area (TPSA) is 50.4 Å². The van der Waals surface area contributed by atoms with Crippen LogP contribution in [0.1, 0.15) is 0 Å². The van der Waals surface area contributed by atoms with Gasteiger partial charge in [0.1, 0.15) is 5.75 Å². The first-order chi connectivity index (χ1) is 9.22. The molecule has 0 spiro atoms. The third kappa shape index (κ3) is 2.48. The molecule has 0 radical (unpaired) electrons. The van der Waals surface area contributed by atoms with E-state index < -0.39 is 6.23 Å². The number of hydrogen-bond acceptors (Lipinski definition) is 3. The average molecular weight is 275 g/mol. The Morgan fingerprint density at radius 1 is 1.05 bits per heavy atom. The Balaban J connectivity index is 1.81. The number of anilines is 2. The van der Waals surface area contributed by atoms with E-state index in [2.05, 4.69) is 10.6 Å². The smallest absolute Gasteiger partial charge is 0.286 e. The van der Waals surface area contributed by atoms with Crippen molar-refractivity contribution in [2.45, 2.75) is 6.23 Å². The summed E-state index contributed by atoms with van der Waals surface area (Å²) in [7, 11) is 0. The van der Waals surface area contributed by atoms with Crippen LogP contribution in [0.3, 0.4) is 0 Å². The minimum absolute atomic E-state index is 0.237. The normalized spacial score (nSPS) is 17.1. The highest BCUT2D eigenvalue weighted by atomic mass is 35.5. The summed E-state index contributed by atoms with van der Waals surface area (Å²) in [6, 6.07) is 14.4. The molecule has 96 valence electrons. The van der Waals surface area contributed by atoms with Crippen LogP contribution in [0.2, 0.25) is 5.02 Å². The monoisotopic (exact) mass is 274 g/mol. The number of halogens is 1. The summed E-state index contributed by atoms with van der Waals surface area (Å²) in [6.45, 7) is 0. The van der Waals surface area contributed by atoms with E-state index in [0.29, 0.717) is 10.8 Å². The van der Waals surface area contributed by atoms with Gasteiger partial charge in [0.2, 0.25) is 6.23 Å². The molecular weight excluding hydrogens is 264 g/mol. The van der Waals surface area contributed by atoms with Crippen molar-refractivity contribution in [2.24, 2.45) is 0 Å². The van der Waals surface area contributed by atoms with Crippen LogP contribution in [0.25, 0.3) is 0 Å². The fraction of sp³-hybridized carbons (Fsp3) is 0.0714. The second-order valence-corrected chi connectivity index (χ2v) is 4.57. The van der Waals surface area contributed by atoms with Gasteiger partial charge in [0.25, 0.3) is 5.91 Å². The van der Waals surface area contributed by atoms with Crippen molar-refractivity contribution in [1.29, 1.82) is 0 Å². The molecule has 0 saturated heterocycles. The van der Waals surface area contributed by atoms with E-state index >= 15 is 0 Å². The Kier molecular flexibility index (Phi) is 3.01. The minimum atomic E-state index is -0.770. The Labute approximate surface area is 115 Å². The maximum atomic E-state index is 11.9. The number of carbonyl (C=O) groups is 1. The number of benzene rings is 2. The summed E-state index contributed by atoms with van der Waals surface area (Å²) in [6.07, 6.45) is -0.770. The lowest BCUT2D eigenvalue weighted by molar-refractivity contribution is -0.121. The van der Waals surface area contributed by atoms with Crippen LogP contribution in [-0.2, 0) is 4.79 Å². The van der Waals surface area contributed by atoms with Crippen molar-refractivity contribution in [3.8, 4) is 5.75 Å². The molecule has 1 heterocycles. The van der Waals surface area contributed by atoms with Crippen LogP contribution in [0.4, 0.5) is 11.4 Å². The summed E-state index contributed by atoms with van der Waals surface area (Å²) in [5, 5.41) is 6.39. The molecule has 4 nitrogen and oxygen atoms in total. The Morgan fingerprint density at radius 3 is 2.63 bits per heavy atom. The summed E-state index contributed by atoms with van der Waals surface area (Å²) < 4.78 is 5.60. The van der Waals surface area contributed by atoms with E-state index in [1.54, 1.807) is 24.3 Å². The van der Waals surface area contributed by atoms with Gasteiger partial charge in [-0.05, 0) is 30.3 Å². The molecule has 2 aromatic carbocycles. The number of para-hydroxylation sites is 2. The molecule has 1 atom stereocenters. The van der Waals surface area contributed by atoms with Crippen molar-refractivity contribution in [3.63, 3.8) is 0 Å². The number of nitrogens with one attached hydrogen (secondary N) is 2. The van der Waals surface area contributed by atoms with Crippen LogP contribution < -0.4 is 15.4 Å². The molecule has 1 unspecified atom stereocenters. The van der Waals surface area contributed by atoms with Crippen molar-refractivity contribution in [1.82, 2.24) is 0 Å². The minimum Gasteiger partial charge on any atom is -0.461 e. The number of amides is 1. The van der Waals surface area contributed by atoms with Crippen LogP contribution in [-0.4, -0.2) is 12.1 Å². The van der Waals surface area contributed by atoms with Crippen LogP contribution in [0.15, 0.2) is 48.5 Å². The van der Waals surface area contributed by atoms with Gasteiger partial charge in [0, 0.05) is 5.02 Å². The zero-order valence-corrected chi connectivity index (χ0v) is 10.6. The van der Waals surface area contributed by atoms with Gasteiger partial charge < -0.3 is 15.4 Å². The first kappa shape index (κ1) is 11.9. The molecule has 5 heteroatoms. The molecule has 1 amide bonds.